The number of amides is 2. The highest BCUT2D eigenvalue weighted by Gasteiger charge is 2.37. The van der Waals surface area contributed by atoms with E-state index in [1.165, 1.54) is 25.7 Å². The van der Waals surface area contributed by atoms with Crippen molar-refractivity contribution in [2.24, 2.45) is 5.92 Å². The van der Waals surface area contributed by atoms with E-state index in [-0.39, 0.29) is 18.2 Å². The predicted molar refractivity (Wildman–Crippen MR) is 94.0 cm³/mol. The Balaban J connectivity index is 1.45. The highest BCUT2D eigenvalue weighted by molar-refractivity contribution is 7.09. The van der Waals surface area contributed by atoms with Gasteiger partial charge in [-0.1, -0.05) is 12.8 Å². The minimum Gasteiger partial charge on any atom is -0.376 e. The fraction of sp³-hybridized carbons (Fsp3) is 0.778. The number of urea groups is 1. The van der Waals surface area contributed by atoms with E-state index in [1.807, 2.05) is 11.6 Å². The SMILES string of the molecule is O=C(N[C@H](c1nccs1)C1CC1)N(C[C@@H]1CCCO1)C1CCCC1. The average Bonchev–Trinajstić information content (AvgIpc) is 3.08. The molecule has 132 valence electrons. The monoisotopic (exact) mass is 349 g/mol. The molecule has 2 atom stereocenters. The summed E-state index contributed by atoms with van der Waals surface area (Å²) in [4.78, 5) is 19.6. The summed E-state index contributed by atoms with van der Waals surface area (Å²) in [6, 6.07) is 0.556. The minimum absolute atomic E-state index is 0.0875. The molecule has 6 heteroatoms. The Hall–Kier alpha value is -1.14. The van der Waals surface area contributed by atoms with Crippen molar-refractivity contribution in [2.45, 2.75) is 69.6 Å². The smallest absolute Gasteiger partial charge is 0.318 e. The summed E-state index contributed by atoms with van der Waals surface area (Å²) in [7, 11) is 0. The first-order valence-corrected chi connectivity index (χ1v) is 10.3. The Morgan fingerprint density at radius 3 is 2.75 bits per heavy atom. The third-order valence-corrected chi connectivity index (χ3v) is 6.40. The van der Waals surface area contributed by atoms with E-state index in [0.29, 0.717) is 12.0 Å². The summed E-state index contributed by atoms with van der Waals surface area (Å²) in [6.45, 7) is 1.58. The molecule has 3 aliphatic rings. The van der Waals surface area contributed by atoms with Crippen molar-refractivity contribution >= 4 is 17.4 Å². The van der Waals surface area contributed by atoms with Crippen molar-refractivity contribution in [3.63, 3.8) is 0 Å². The van der Waals surface area contributed by atoms with E-state index in [4.69, 9.17) is 4.74 Å². The van der Waals surface area contributed by atoms with Crippen molar-refractivity contribution in [3.05, 3.63) is 16.6 Å². The Kier molecular flexibility index (Phi) is 5.03. The highest BCUT2D eigenvalue weighted by Crippen LogP contribution is 2.41. The lowest BCUT2D eigenvalue weighted by atomic mass is 10.1. The van der Waals surface area contributed by atoms with Gasteiger partial charge in [-0.05, 0) is 44.4 Å². The number of aromatic nitrogens is 1. The zero-order valence-electron chi connectivity index (χ0n) is 14.2. The third kappa shape index (κ3) is 3.75. The highest BCUT2D eigenvalue weighted by atomic mass is 32.1. The van der Waals surface area contributed by atoms with Gasteiger partial charge in [-0.25, -0.2) is 9.78 Å². The topological polar surface area (TPSA) is 54.5 Å². The fourth-order valence-electron chi connectivity index (χ4n) is 4.04. The molecule has 2 aliphatic carbocycles. The zero-order chi connectivity index (χ0) is 16.4. The van der Waals surface area contributed by atoms with Gasteiger partial charge in [0.25, 0.3) is 0 Å². The van der Waals surface area contributed by atoms with Crippen molar-refractivity contribution in [1.29, 1.82) is 0 Å². The number of ether oxygens (including phenoxy) is 1. The maximum atomic E-state index is 13.1. The van der Waals surface area contributed by atoms with Crippen molar-refractivity contribution in [3.8, 4) is 0 Å². The maximum Gasteiger partial charge on any atom is 0.318 e. The van der Waals surface area contributed by atoms with Gasteiger partial charge in [-0.3, -0.25) is 0 Å². The van der Waals surface area contributed by atoms with Gasteiger partial charge in [0.05, 0.1) is 12.1 Å². The molecular formula is C18H27N3O2S. The second-order valence-corrected chi connectivity index (χ2v) is 8.29. The second kappa shape index (κ2) is 7.40. The molecule has 0 aromatic carbocycles. The van der Waals surface area contributed by atoms with Crippen LogP contribution in [0.4, 0.5) is 4.79 Å². The summed E-state index contributed by atoms with van der Waals surface area (Å²) < 4.78 is 5.80. The minimum atomic E-state index is 0.0875. The van der Waals surface area contributed by atoms with Gasteiger partial charge in [0, 0.05) is 30.8 Å². The maximum absolute atomic E-state index is 13.1. The van der Waals surface area contributed by atoms with Gasteiger partial charge in [0.1, 0.15) is 5.01 Å². The summed E-state index contributed by atoms with van der Waals surface area (Å²) in [5, 5.41) is 6.36. The van der Waals surface area contributed by atoms with Crippen LogP contribution in [0.3, 0.4) is 0 Å². The normalized spacial score (nSPS) is 25.8. The summed E-state index contributed by atoms with van der Waals surface area (Å²) in [5.74, 6) is 0.563. The van der Waals surface area contributed by atoms with Crippen LogP contribution in [0.25, 0.3) is 0 Å². The van der Waals surface area contributed by atoms with Crippen LogP contribution in [0.5, 0.6) is 0 Å². The molecule has 0 unspecified atom stereocenters. The van der Waals surface area contributed by atoms with Crippen LogP contribution in [-0.2, 0) is 4.74 Å². The van der Waals surface area contributed by atoms with Gasteiger partial charge < -0.3 is 15.0 Å². The number of hydrogen-bond acceptors (Lipinski definition) is 4. The van der Waals surface area contributed by atoms with Crippen LogP contribution < -0.4 is 5.32 Å². The predicted octanol–water partition coefficient (Wildman–Crippen LogP) is 3.73. The van der Waals surface area contributed by atoms with Crippen LogP contribution in [0.1, 0.15) is 62.4 Å². The lowest BCUT2D eigenvalue weighted by Crippen LogP contribution is -2.49. The Morgan fingerprint density at radius 2 is 2.12 bits per heavy atom. The third-order valence-electron chi connectivity index (χ3n) is 5.54. The summed E-state index contributed by atoms with van der Waals surface area (Å²) >= 11 is 1.65. The number of carbonyl (C=O) groups is 1. The van der Waals surface area contributed by atoms with Crippen LogP contribution in [0.15, 0.2) is 11.6 Å². The molecule has 1 N–H and O–H groups in total. The number of carbonyl (C=O) groups excluding carboxylic acids is 1. The first-order valence-electron chi connectivity index (χ1n) is 9.39. The number of thiazole rings is 1. The van der Waals surface area contributed by atoms with Gasteiger partial charge in [-0.2, -0.15) is 0 Å². The molecule has 4 rings (SSSR count). The molecule has 2 saturated carbocycles. The van der Waals surface area contributed by atoms with Crippen LogP contribution in [0.2, 0.25) is 0 Å². The lowest BCUT2D eigenvalue weighted by molar-refractivity contribution is 0.0690. The van der Waals surface area contributed by atoms with Crippen molar-refractivity contribution in [2.75, 3.05) is 13.2 Å². The fourth-order valence-corrected chi connectivity index (χ4v) is 4.82. The van der Waals surface area contributed by atoms with E-state index in [2.05, 4.69) is 15.2 Å². The van der Waals surface area contributed by atoms with Crippen molar-refractivity contribution in [1.82, 2.24) is 15.2 Å². The number of hydrogen-bond donors (Lipinski definition) is 1. The number of rotatable bonds is 6. The molecule has 24 heavy (non-hydrogen) atoms. The molecule has 1 aliphatic heterocycles. The Morgan fingerprint density at radius 1 is 1.29 bits per heavy atom. The van der Waals surface area contributed by atoms with Gasteiger partial charge >= 0.3 is 6.03 Å². The van der Waals surface area contributed by atoms with Crippen molar-refractivity contribution < 1.29 is 9.53 Å². The zero-order valence-corrected chi connectivity index (χ0v) is 15.0. The number of nitrogens with zero attached hydrogens (tertiary/aromatic N) is 2. The van der Waals surface area contributed by atoms with E-state index in [1.54, 1.807) is 11.3 Å². The average molecular weight is 350 g/mol. The largest absolute Gasteiger partial charge is 0.376 e. The van der Waals surface area contributed by atoms with E-state index >= 15 is 0 Å². The molecule has 2 amide bonds. The summed E-state index contributed by atoms with van der Waals surface area (Å²) in [6.07, 6.45) is 11.4. The van der Waals surface area contributed by atoms with Gasteiger partial charge in [0.15, 0.2) is 0 Å². The Bertz CT molecular complexity index is 534. The van der Waals surface area contributed by atoms with E-state index in [0.717, 1.165) is 43.8 Å². The molecule has 1 aromatic heterocycles. The van der Waals surface area contributed by atoms with Crippen LogP contribution in [0, 0.1) is 5.92 Å². The van der Waals surface area contributed by atoms with Gasteiger partial charge in [0.2, 0.25) is 0 Å². The standard InChI is InChI=1S/C18H27N3O2S/c22-18(20-16(13-7-8-13)17-19-9-11-24-17)21(14-4-1-2-5-14)12-15-6-3-10-23-15/h9,11,13-16H,1-8,10,12H2,(H,20,22)/t15-,16-/m0/s1. The Labute approximate surface area is 147 Å². The molecule has 0 spiro atoms. The molecule has 2 heterocycles. The van der Waals surface area contributed by atoms with E-state index < -0.39 is 0 Å². The quantitative estimate of drug-likeness (QED) is 0.851. The van der Waals surface area contributed by atoms with Crippen LogP contribution in [-0.4, -0.2) is 41.2 Å². The molecular weight excluding hydrogens is 322 g/mol. The van der Waals surface area contributed by atoms with Crippen LogP contribution >= 0.6 is 11.3 Å². The molecule has 1 aromatic rings. The molecule has 3 fully saturated rings. The molecule has 0 radical (unpaired) electrons. The first kappa shape index (κ1) is 16.3. The number of nitrogens with one attached hydrogen (secondary N) is 1. The van der Waals surface area contributed by atoms with Gasteiger partial charge in [-0.15, -0.1) is 11.3 Å². The lowest BCUT2D eigenvalue weighted by Gasteiger charge is -2.32. The first-order chi connectivity index (χ1) is 11.8. The molecule has 1 saturated heterocycles. The van der Waals surface area contributed by atoms with E-state index in [9.17, 15) is 4.79 Å². The molecule has 5 nitrogen and oxygen atoms in total. The summed E-state index contributed by atoms with van der Waals surface area (Å²) in [5.41, 5.74) is 0. The molecule has 0 bridgehead atoms. The second-order valence-electron chi connectivity index (χ2n) is 7.36.